The molecule has 2 heterocycles. The molecule has 1 aromatic rings. The zero-order chi connectivity index (χ0) is 19.4. The van der Waals surface area contributed by atoms with Crippen LogP contribution >= 0.6 is 11.8 Å². The monoisotopic (exact) mass is 393 g/mol. The lowest BCUT2D eigenvalue weighted by molar-refractivity contribution is -0.135. The summed E-state index contributed by atoms with van der Waals surface area (Å²) in [6.45, 7) is 1.48. The number of imide groups is 1. The average Bonchev–Trinajstić information content (AvgIpc) is 2.95. The van der Waals surface area contributed by atoms with E-state index in [9.17, 15) is 14.4 Å². The summed E-state index contributed by atoms with van der Waals surface area (Å²) in [7, 11) is 3.06. The van der Waals surface area contributed by atoms with Crippen LogP contribution < -0.4 is 14.8 Å². The van der Waals surface area contributed by atoms with Gasteiger partial charge in [0.25, 0.3) is 5.91 Å². The molecule has 4 amide bonds. The Morgan fingerprint density at radius 1 is 1.19 bits per heavy atom. The predicted molar refractivity (Wildman–Crippen MR) is 101 cm³/mol. The second kappa shape index (κ2) is 8.51. The maximum atomic E-state index is 12.6. The number of nitrogens with zero attached hydrogens (tertiary/aromatic N) is 2. The lowest BCUT2D eigenvalue weighted by Gasteiger charge is -2.27. The standard InChI is InChI=1S/C18H23N3O5S/c1-25-14-4-3-12(9-15(14)26-2)11-21-17(23)13(19-18(21)24)10-16(22)20-5-7-27-8-6-20/h3-4,9,13H,5-8,10-11H2,1-2H3,(H,19,24)/t13-/m1/s1. The van der Waals surface area contributed by atoms with Gasteiger partial charge in [-0.2, -0.15) is 11.8 Å². The van der Waals surface area contributed by atoms with Crippen molar-refractivity contribution in [2.24, 2.45) is 0 Å². The SMILES string of the molecule is COc1ccc(CN2C(=O)N[C@H](CC(=O)N3CCSCC3)C2=O)cc1OC. The maximum absolute atomic E-state index is 12.6. The summed E-state index contributed by atoms with van der Waals surface area (Å²) in [5.74, 6) is 2.43. The highest BCUT2D eigenvalue weighted by atomic mass is 32.2. The van der Waals surface area contributed by atoms with E-state index in [-0.39, 0.29) is 24.8 Å². The smallest absolute Gasteiger partial charge is 0.325 e. The molecule has 0 aromatic heterocycles. The highest BCUT2D eigenvalue weighted by molar-refractivity contribution is 7.99. The molecule has 0 saturated carbocycles. The van der Waals surface area contributed by atoms with Crippen LogP contribution in [0.25, 0.3) is 0 Å². The molecule has 2 fully saturated rings. The number of ether oxygens (including phenoxy) is 2. The van der Waals surface area contributed by atoms with Crippen LogP contribution in [0.5, 0.6) is 11.5 Å². The number of methoxy groups -OCH3 is 2. The minimum atomic E-state index is -0.806. The van der Waals surface area contributed by atoms with Crippen molar-refractivity contribution in [1.29, 1.82) is 0 Å². The van der Waals surface area contributed by atoms with Crippen molar-refractivity contribution in [3.63, 3.8) is 0 Å². The molecule has 0 spiro atoms. The fraction of sp³-hybridized carbons (Fsp3) is 0.500. The Kier molecular flexibility index (Phi) is 6.10. The molecule has 3 rings (SSSR count). The third kappa shape index (κ3) is 4.29. The second-order valence-electron chi connectivity index (χ2n) is 6.31. The molecule has 0 unspecified atom stereocenters. The van der Waals surface area contributed by atoms with Crippen LogP contribution in [0.2, 0.25) is 0 Å². The van der Waals surface area contributed by atoms with E-state index in [1.165, 1.54) is 14.2 Å². The molecule has 1 aromatic carbocycles. The van der Waals surface area contributed by atoms with Crippen LogP contribution in [0.4, 0.5) is 4.79 Å². The second-order valence-corrected chi connectivity index (χ2v) is 7.54. The van der Waals surface area contributed by atoms with Crippen LogP contribution in [0.1, 0.15) is 12.0 Å². The summed E-state index contributed by atoms with van der Waals surface area (Å²) >= 11 is 1.81. The van der Waals surface area contributed by atoms with E-state index in [2.05, 4.69) is 5.32 Å². The fourth-order valence-corrected chi connectivity index (χ4v) is 4.05. The normalized spacial score (nSPS) is 19.9. The molecule has 2 aliphatic heterocycles. The highest BCUT2D eigenvalue weighted by Gasteiger charge is 2.39. The number of amides is 4. The van der Waals surface area contributed by atoms with E-state index in [0.29, 0.717) is 24.6 Å². The number of thioether (sulfide) groups is 1. The highest BCUT2D eigenvalue weighted by Crippen LogP contribution is 2.28. The topological polar surface area (TPSA) is 88.2 Å². The molecule has 9 heteroatoms. The average molecular weight is 393 g/mol. The molecule has 8 nitrogen and oxygen atoms in total. The molecule has 1 N–H and O–H groups in total. The van der Waals surface area contributed by atoms with Crippen molar-refractivity contribution in [2.75, 3.05) is 38.8 Å². The lowest BCUT2D eigenvalue weighted by atomic mass is 10.1. The van der Waals surface area contributed by atoms with Crippen molar-refractivity contribution in [3.8, 4) is 11.5 Å². The fourth-order valence-electron chi connectivity index (χ4n) is 3.14. The zero-order valence-electron chi connectivity index (χ0n) is 15.4. The van der Waals surface area contributed by atoms with E-state index >= 15 is 0 Å². The van der Waals surface area contributed by atoms with Gasteiger partial charge in [0.05, 0.1) is 27.2 Å². The van der Waals surface area contributed by atoms with Crippen molar-refractivity contribution < 1.29 is 23.9 Å². The van der Waals surface area contributed by atoms with Crippen molar-refractivity contribution in [1.82, 2.24) is 15.1 Å². The molecule has 146 valence electrons. The largest absolute Gasteiger partial charge is 0.493 e. The number of hydrogen-bond acceptors (Lipinski definition) is 6. The molecular weight excluding hydrogens is 370 g/mol. The van der Waals surface area contributed by atoms with E-state index in [0.717, 1.165) is 22.0 Å². The Balaban J connectivity index is 1.64. The van der Waals surface area contributed by atoms with E-state index < -0.39 is 12.1 Å². The van der Waals surface area contributed by atoms with Crippen molar-refractivity contribution in [3.05, 3.63) is 23.8 Å². The van der Waals surface area contributed by atoms with Gasteiger partial charge in [0.15, 0.2) is 11.5 Å². The zero-order valence-corrected chi connectivity index (χ0v) is 16.2. The number of carbonyl (C=O) groups is 3. The van der Waals surface area contributed by atoms with Gasteiger partial charge >= 0.3 is 6.03 Å². The van der Waals surface area contributed by atoms with Gasteiger partial charge in [0.2, 0.25) is 5.91 Å². The first-order valence-corrected chi connectivity index (χ1v) is 9.87. The molecule has 0 bridgehead atoms. The van der Waals surface area contributed by atoms with Gasteiger partial charge in [0, 0.05) is 24.6 Å². The first-order chi connectivity index (χ1) is 13.0. The Morgan fingerprint density at radius 2 is 1.89 bits per heavy atom. The molecule has 2 saturated heterocycles. The summed E-state index contributed by atoms with van der Waals surface area (Å²) in [4.78, 5) is 40.1. The summed E-state index contributed by atoms with van der Waals surface area (Å²) in [6, 6.07) is 3.93. The number of nitrogens with one attached hydrogen (secondary N) is 1. The van der Waals surface area contributed by atoms with Gasteiger partial charge in [-0.3, -0.25) is 14.5 Å². The third-order valence-electron chi connectivity index (χ3n) is 4.64. The van der Waals surface area contributed by atoms with Gasteiger partial charge in [-0.25, -0.2) is 4.79 Å². The number of rotatable bonds is 6. The van der Waals surface area contributed by atoms with Gasteiger partial charge in [-0.1, -0.05) is 6.07 Å². The predicted octanol–water partition coefficient (Wildman–Crippen LogP) is 1.09. The number of hydrogen-bond donors (Lipinski definition) is 1. The maximum Gasteiger partial charge on any atom is 0.325 e. The Morgan fingerprint density at radius 3 is 2.56 bits per heavy atom. The Labute approximate surface area is 162 Å². The quantitative estimate of drug-likeness (QED) is 0.728. The Hall–Kier alpha value is -2.42. The molecule has 2 aliphatic rings. The summed E-state index contributed by atoms with van der Waals surface area (Å²) in [5.41, 5.74) is 0.733. The number of urea groups is 1. The van der Waals surface area contributed by atoms with Crippen LogP contribution in [-0.4, -0.2) is 72.5 Å². The summed E-state index contributed by atoms with van der Waals surface area (Å²) in [5, 5.41) is 2.62. The van der Waals surface area contributed by atoms with E-state index in [4.69, 9.17) is 9.47 Å². The van der Waals surface area contributed by atoms with Gasteiger partial charge in [0.1, 0.15) is 6.04 Å². The first-order valence-electron chi connectivity index (χ1n) is 8.71. The van der Waals surface area contributed by atoms with Gasteiger partial charge in [-0.05, 0) is 17.7 Å². The third-order valence-corrected chi connectivity index (χ3v) is 5.58. The van der Waals surface area contributed by atoms with Crippen LogP contribution in [0, 0.1) is 0 Å². The van der Waals surface area contributed by atoms with E-state index in [1.54, 1.807) is 23.1 Å². The molecule has 27 heavy (non-hydrogen) atoms. The molecule has 0 radical (unpaired) electrons. The Bertz CT molecular complexity index is 736. The van der Waals surface area contributed by atoms with Crippen molar-refractivity contribution >= 4 is 29.6 Å². The molecular formula is C18H23N3O5S. The molecule has 0 aliphatic carbocycles. The number of carbonyl (C=O) groups excluding carboxylic acids is 3. The minimum Gasteiger partial charge on any atom is -0.493 e. The van der Waals surface area contributed by atoms with E-state index in [1.807, 2.05) is 11.8 Å². The number of benzene rings is 1. The first kappa shape index (κ1) is 19.3. The summed E-state index contributed by atoms with van der Waals surface area (Å²) in [6.07, 6.45) is -0.00231. The van der Waals surface area contributed by atoms with Crippen LogP contribution in [0.15, 0.2) is 18.2 Å². The minimum absolute atomic E-state index is 0.00231. The van der Waals surface area contributed by atoms with Gasteiger partial charge in [-0.15, -0.1) is 0 Å². The molecule has 1 atom stereocenters. The summed E-state index contributed by atoms with van der Waals surface area (Å²) < 4.78 is 10.4. The van der Waals surface area contributed by atoms with Crippen LogP contribution in [0.3, 0.4) is 0 Å². The lowest BCUT2D eigenvalue weighted by Crippen LogP contribution is -2.42. The van der Waals surface area contributed by atoms with Crippen LogP contribution in [-0.2, 0) is 16.1 Å². The van der Waals surface area contributed by atoms with Gasteiger partial charge < -0.3 is 19.7 Å². The van der Waals surface area contributed by atoms with Crippen molar-refractivity contribution in [2.45, 2.75) is 19.0 Å².